The molecule has 11 heavy (non-hydrogen) atoms. The minimum absolute atomic E-state index is 0.691. The Balaban J connectivity index is 3.40. The molecule has 1 rings (SSSR count). The average Bonchev–Trinajstić information content (AvgIpc) is 2.01. The third-order valence-electron chi connectivity index (χ3n) is 1.92. The third kappa shape index (κ3) is 1.18. The first kappa shape index (κ1) is 7.62. The number of nitrogens with two attached hydrogens (primary N) is 1. The van der Waals surface area contributed by atoms with E-state index >= 15 is 0 Å². The van der Waals surface area contributed by atoms with Gasteiger partial charge in [0, 0.05) is 5.69 Å². The normalized spacial score (nSPS) is 9.18. The zero-order valence-electron chi connectivity index (χ0n) is 6.68. The highest BCUT2D eigenvalue weighted by Gasteiger charge is 2.01. The average molecular weight is 146 g/mol. The highest BCUT2D eigenvalue weighted by atomic mass is 14.7. The van der Waals surface area contributed by atoms with Crippen molar-refractivity contribution in [3.05, 3.63) is 34.7 Å². The van der Waals surface area contributed by atoms with E-state index in [0.717, 1.165) is 16.8 Å². The number of rotatable bonds is 0. The molecule has 2 heteroatoms. The van der Waals surface area contributed by atoms with Crippen molar-refractivity contribution in [1.29, 1.82) is 0 Å². The molecule has 0 spiro atoms. The first-order valence-corrected chi connectivity index (χ1v) is 3.40. The predicted molar refractivity (Wildman–Crippen MR) is 46.6 cm³/mol. The van der Waals surface area contributed by atoms with E-state index in [1.54, 1.807) is 12.1 Å². The van der Waals surface area contributed by atoms with Crippen molar-refractivity contribution < 1.29 is 0 Å². The molecule has 1 aromatic carbocycles. The highest BCUT2D eigenvalue weighted by Crippen LogP contribution is 2.25. The van der Waals surface area contributed by atoms with Gasteiger partial charge in [0.2, 0.25) is 0 Å². The summed E-state index contributed by atoms with van der Waals surface area (Å²) in [4.78, 5) is 3.37. The van der Waals surface area contributed by atoms with Crippen LogP contribution < -0.4 is 5.73 Å². The van der Waals surface area contributed by atoms with Crippen molar-refractivity contribution in [3.63, 3.8) is 0 Å². The van der Waals surface area contributed by atoms with Crippen molar-refractivity contribution >= 4 is 11.4 Å². The van der Waals surface area contributed by atoms with Crippen LogP contribution in [0.4, 0.5) is 11.4 Å². The first-order valence-electron chi connectivity index (χ1n) is 3.40. The van der Waals surface area contributed by atoms with Crippen LogP contribution in [0.15, 0.2) is 12.1 Å². The van der Waals surface area contributed by atoms with Crippen LogP contribution in [0.2, 0.25) is 0 Å². The van der Waals surface area contributed by atoms with Crippen LogP contribution in [0.3, 0.4) is 0 Å². The van der Waals surface area contributed by atoms with E-state index in [1.807, 2.05) is 13.8 Å². The zero-order chi connectivity index (χ0) is 8.43. The molecule has 2 N–H and O–H groups in total. The molecular formula is C9H10N2. The number of benzene rings is 1. The second kappa shape index (κ2) is 2.63. The minimum Gasteiger partial charge on any atom is -0.399 e. The third-order valence-corrected chi connectivity index (χ3v) is 1.92. The minimum atomic E-state index is 0.691. The molecule has 0 saturated heterocycles. The lowest BCUT2D eigenvalue weighted by Crippen LogP contribution is -1.91. The Labute approximate surface area is 66.5 Å². The van der Waals surface area contributed by atoms with Crippen LogP contribution >= 0.6 is 0 Å². The van der Waals surface area contributed by atoms with Gasteiger partial charge in [-0.1, -0.05) is 6.07 Å². The van der Waals surface area contributed by atoms with Gasteiger partial charge in [0.1, 0.15) is 0 Å². The zero-order valence-corrected chi connectivity index (χ0v) is 6.68. The van der Waals surface area contributed by atoms with Gasteiger partial charge >= 0.3 is 0 Å². The summed E-state index contributed by atoms with van der Waals surface area (Å²) < 4.78 is 0. The lowest BCUT2D eigenvalue weighted by Gasteiger charge is -2.04. The van der Waals surface area contributed by atoms with Gasteiger partial charge in [-0.3, -0.25) is 0 Å². The molecule has 0 fully saturated rings. The van der Waals surface area contributed by atoms with Crippen LogP contribution in [0, 0.1) is 20.4 Å². The second-order valence-corrected chi connectivity index (χ2v) is 2.54. The molecule has 0 unspecified atom stereocenters. The van der Waals surface area contributed by atoms with Gasteiger partial charge in [-0.2, -0.15) is 0 Å². The van der Waals surface area contributed by atoms with Gasteiger partial charge in [0.05, 0.1) is 6.57 Å². The maximum absolute atomic E-state index is 6.84. The van der Waals surface area contributed by atoms with Gasteiger partial charge in [-0.25, -0.2) is 4.85 Å². The van der Waals surface area contributed by atoms with E-state index in [9.17, 15) is 0 Å². The molecule has 0 aliphatic heterocycles. The Kier molecular flexibility index (Phi) is 1.82. The number of anilines is 1. The van der Waals surface area contributed by atoms with Crippen molar-refractivity contribution in [2.24, 2.45) is 0 Å². The summed E-state index contributed by atoms with van der Waals surface area (Å²) in [5.41, 5.74) is 9.09. The highest BCUT2D eigenvalue weighted by molar-refractivity contribution is 5.63. The van der Waals surface area contributed by atoms with Gasteiger partial charge in [0.15, 0.2) is 5.69 Å². The lowest BCUT2D eigenvalue weighted by molar-refractivity contribution is 1.36. The molecule has 1 aromatic rings. The summed E-state index contributed by atoms with van der Waals surface area (Å²) in [5.74, 6) is 0. The number of hydrogen-bond donors (Lipinski definition) is 1. The van der Waals surface area contributed by atoms with E-state index in [2.05, 4.69) is 4.85 Å². The van der Waals surface area contributed by atoms with Gasteiger partial charge in [-0.15, -0.1) is 0 Å². The largest absolute Gasteiger partial charge is 0.399 e. The monoisotopic (exact) mass is 146 g/mol. The molecule has 0 aromatic heterocycles. The quantitative estimate of drug-likeness (QED) is 0.442. The Bertz CT molecular complexity index is 321. The smallest absolute Gasteiger partial charge is 0.190 e. The van der Waals surface area contributed by atoms with Gasteiger partial charge < -0.3 is 5.73 Å². The molecule has 0 saturated carbocycles. The summed E-state index contributed by atoms with van der Waals surface area (Å²) in [6.07, 6.45) is 0. The fourth-order valence-corrected chi connectivity index (χ4v) is 0.948. The standard InChI is InChI=1S/C9H10N2/c1-6-7(2)9(11-3)5-4-8(6)10/h4-5H,10H2,1-2H3. The van der Waals surface area contributed by atoms with Crippen molar-refractivity contribution in [3.8, 4) is 0 Å². The fourth-order valence-electron chi connectivity index (χ4n) is 0.948. The Hall–Kier alpha value is -1.49. The summed E-state index contributed by atoms with van der Waals surface area (Å²) in [7, 11) is 0. The summed E-state index contributed by atoms with van der Waals surface area (Å²) >= 11 is 0. The first-order chi connectivity index (χ1) is 5.16. The van der Waals surface area contributed by atoms with E-state index in [1.165, 1.54) is 0 Å². The van der Waals surface area contributed by atoms with E-state index < -0.39 is 0 Å². The number of nitrogens with zero attached hydrogens (tertiary/aromatic N) is 1. The molecule has 0 aliphatic rings. The lowest BCUT2D eigenvalue weighted by atomic mass is 10.1. The summed E-state index contributed by atoms with van der Waals surface area (Å²) in [6, 6.07) is 3.53. The van der Waals surface area contributed by atoms with Crippen molar-refractivity contribution in [2.45, 2.75) is 13.8 Å². The predicted octanol–water partition coefficient (Wildman–Crippen LogP) is 2.44. The topological polar surface area (TPSA) is 30.4 Å². The maximum Gasteiger partial charge on any atom is 0.190 e. The molecule has 2 nitrogen and oxygen atoms in total. The molecule has 0 atom stereocenters. The molecule has 0 bridgehead atoms. The Morgan fingerprint density at radius 3 is 2.45 bits per heavy atom. The van der Waals surface area contributed by atoms with Crippen LogP contribution in [-0.4, -0.2) is 0 Å². The van der Waals surface area contributed by atoms with Crippen LogP contribution in [0.1, 0.15) is 11.1 Å². The molecule has 0 heterocycles. The van der Waals surface area contributed by atoms with Crippen molar-refractivity contribution in [1.82, 2.24) is 0 Å². The second-order valence-electron chi connectivity index (χ2n) is 2.54. The molecule has 0 amide bonds. The fraction of sp³-hybridized carbons (Fsp3) is 0.222. The number of nitrogen functional groups attached to an aromatic ring is 1. The molecule has 56 valence electrons. The van der Waals surface area contributed by atoms with Crippen molar-refractivity contribution in [2.75, 3.05) is 5.73 Å². The Morgan fingerprint density at radius 1 is 1.27 bits per heavy atom. The summed E-state index contributed by atoms with van der Waals surface area (Å²) in [5, 5.41) is 0. The Morgan fingerprint density at radius 2 is 1.91 bits per heavy atom. The van der Waals surface area contributed by atoms with E-state index in [0.29, 0.717) is 5.69 Å². The van der Waals surface area contributed by atoms with Crippen LogP contribution in [0.25, 0.3) is 4.85 Å². The number of hydrogen-bond acceptors (Lipinski definition) is 1. The molecule has 0 radical (unpaired) electrons. The van der Waals surface area contributed by atoms with E-state index in [-0.39, 0.29) is 0 Å². The van der Waals surface area contributed by atoms with E-state index in [4.69, 9.17) is 12.3 Å². The molecular weight excluding hydrogens is 136 g/mol. The molecule has 0 aliphatic carbocycles. The maximum atomic E-state index is 6.84. The van der Waals surface area contributed by atoms with Crippen LogP contribution in [0.5, 0.6) is 0 Å². The van der Waals surface area contributed by atoms with Gasteiger partial charge in [0.25, 0.3) is 0 Å². The van der Waals surface area contributed by atoms with Gasteiger partial charge in [-0.05, 0) is 31.0 Å². The SMILES string of the molecule is [C-]#[N+]c1ccc(N)c(C)c1C. The van der Waals surface area contributed by atoms with Crippen LogP contribution in [-0.2, 0) is 0 Å². The summed E-state index contributed by atoms with van der Waals surface area (Å²) in [6.45, 7) is 10.7.